The Balaban J connectivity index is 3.79. The fourth-order valence-electron chi connectivity index (χ4n) is 1.92. The molecule has 0 aromatic carbocycles. The molecule has 1 atom stereocenters. The Morgan fingerprint density at radius 2 is 1.35 bits per heavy atom. The number of rotatable bonds is 11. The third-order valence-electron chi connectivity index (χ3n) is 3.03. The second-order valence-corrected chi connectivity index (χ2v) is 7.34. The molecule has 0 fully saturated rings. The Kier molecular flexibility index (Phi) is 10.00. The zero-order valence-electron chi connectivity index (χ0n) is 11.4. The van der Waals surface area contributed by atoms with E-state index in [9.17, 15) is 0 Å². The average molecular weight is 264 g/mol. The summed E-state index contributed by atoms with van der Waals surface area (Å²) in [4.78, 5) is 0. The summed E-state index contributed by atoms with van der Waals surface area (Å²) in [5.41, 5.74) is 11.4. The molecule has 0 spiro atoms. The van der Waals surface area contributed by atoms with Crippen LogP contribution in [0.2, 0.25) is 0 Å². The van der Waals surface area contributed by atoms with Gasteiger partial charge in [-0.2, -0.15) is 0 Å². The van der Waals surface area contributed by atoms with Gasteiger partial charge in [0.1, 0.15) is 0 Å². The Morgan fingerprint density at radius 1 is 0.882 bits per heavy atom. The van der Waals surface area contributed by atoms with Crippen molar-refractivity contribution in [1.82, 2.24) is 0 Å². The van der Waals surface area contributed by atoms with Crippen molar-refractivity contribution in [3.8, 4) is 0 Å². The van der Waals surface area contributed by atoms with E-state index in [0.29, 0.717) is 0 Å². The number of hydrogen-bond acceptors (Lipinski definition) is 5. The zero-order valence-corrected chi connectivity index (χ0v) is 12.4. The third-order valence-corrected chi connectivity index (χ3v) is 5.93. The first-order valence-corrected chi connectivity index (χ1v) is 8.08. The van der Waals surface area contributed by atoms with Gasteiger partial charge in [0.05, 0.1) is 5.67 Å². The molecule has 0 rings (SSSR count). The Labute approximate surface area is 106 Å². The van der Waals surface area contributed by atoms with Gasteiger partial charge in [-0.05, 0) is 19.4 Å². The van der Waals surface area contributed by atoms with Crippen LogP contribution in [-0.4, -0.2) is 42.3 Å². The number of nitrogens with two attached hydrogens (primary N) is 2. The molecular weight excluding hydrogens is 236 g/mol. The second kappa shape index (κ2) is 9.99. The lowest BCUT2D eigenvalue weighted by molar-refractivity contribution is 0.111. The molecule has 6 heteroatoms. The highest BCUT2D eigenvalue weighted by Gasteiger charge is 2.44. The highest BCUT2D eigenvalue weighted by Crippen LogP contribution is 2.16. The summed E-state index contributed by atoms with van der Waals surface area (Å²) >= 11 is 0. The highest BCUT2D eigenvalue weighted by atomic mass is 28.4. The first kappa shape index (κ1) is 17.0. The molecule has 0 aliphatic carbocycles. The maximum absolute atomic E-state index is 6.09. The van der Waals surface area contributed by atoms with Gasteiger partial charge in [-0.1, -0.05) is 25.7 Å². The minimum atomic E-state index is -2.64. The molecule has 4 N–H and O–H groups in total. The van der Waals surface area contributed by atoms with Crippen LogP contribution in [0.5, 0.6) is 0 Å². The lowest BCUT2D eigenvalue weighted by Gasteiger charge is -2.29. The van der Waals surface area contributed by atoms with Crippen LogP contribution in [-0.2, 0) is 13.3 Å². The summed E-state index contributed by atoms with van der Waals surface area (Å²) in [7, 11) is 2.15. The van der Waals surface area contributed by atoms with Crippen molar-refractivity contribution < 1.29 is 13.3 Å². The minimum absolute atomic E-state index is 0.142. The van der Waals surface area contributed by atoms with E-state index in [1.807, 2.05) is 0 Å². The number of hydrogen-bond donors (Lipinski definition) is 2. The molecule has 0 saturated carbocycles. The van der Waals surface area contributed by atoms with Crippen molar-refractivity contribution in [2.75, 3.05) is 27.9 Å². The maximum Gasteiger partial charge on any atom is 0.517 e. The topological polar surface area (TPSA) is 79.7 Å². The molecule has 0 saturated heterocycles. The molecule has 0 bridgehead atoms. The van der Waals surface area contributed by atoms with E-state index in [0.717, 1.165) is 25.8 Å². The summed E-state index contributed by atoms with van der Waals surface area (Å²) < 4.78 is 16.0. The predicted molar refractivity (Wildman–Crippen MR) is 71.5 cm³/mol. The van der Waals surface area contributed by atoms with E-state index in [4.69, 9.17) is 24.7 Å². The van der Waals surface area contributed by atoms with Crippen molar-refractivity contribution in [3.63, 3.8) is 0 Å². The summed E-state index contributed by atoms with van der Waals surface area (Å²) in [5.74, 6) is 0. The van der Waals surface area contributed by atoms with E-state index in [-0.39, 0.29) is 5.67 Å². The Hall–Kier alpha value is 0.0169. The van der Waals surface area contributed by atoms with Crippen molar-refractivity contribution in [1.29, 1.82) is 0 Å². The molecule has 0 amide bonds. The van der Waals surface area contributed by atoms with Crippen LogP contribution in [0.15, 0.2) is 0 Å². The standard InChI is InChI=1S/C11H28N2O3Si/c1-14-17(15-2,16-3)11(13)9-7-5-4-6-8-10-12/h11H,4-10,12-13H2,1-3H3. The van der Waals surface area contributed by atoms with Crippen molar-refractivity contribution >= 4 is 8.80 Å². The second-order valence-electron chi connectivity index (χ2n) is 4.17. The van der Waals surface area contributed by atoms with Gasteiger partial charge in [0, 0.05) is 21.3 Å². The molecule has 0 aromatic rings. The SMILES string of the molecule is CO[Si](OC)(OC)C(N)CCCCCCCN. The maximum atomic E-state index is 6.09. The van der Waals surface area contributed by atoms with Gasteiger partial charge < -0.3 is 24.7 Å². The monoisotopic (exact) mass is 264 g/mol. The molecule has 1 unspecified atom stereocenters. The van der Waals surface area contributed by atoms with E-state index in [1.165, 1.54) is 19.3 Å². The predicted octanol–water partition coefficient (Wildman–Crippen LogP) is 1.03. The van der Waals surface area contributed by atoms with Crippen molar-refractivity contribution in [2.24, 2.45) is 11.5 Å². The van der Waals surface area contributed by atoms with E-state index in [2.05, 4.69) is 0 Å². The molecule has 5 nitrogen and oxygen atoms in total. The molecule has 0 aliphatic rings. The quantitative estimate of drug-likeness (QED) is 0.430. The summed E-state index contributed by atoms with van der Waals surface area (Å²) in [6.45, 7) is 0.784. The molecular formula is C11H28N2O3Si. The van der Waals surface area contributed by atoms with Gasteiger partial charge in [0.2, 0.25) is 0 Å². The largest absolute Gasteiger partial charge is 0.517 e. The van der Waals surface area contributed by atoms with Gasteiger partial charge in [0.15, 0.2) is 0 Å². The fraction of sp³-hybridized carbons (Fsp3) is 1.00. The van der Waals surface area contributed by atoms with Gasteiger partial charge >= 0.3 is 8.80 Å². The molecule has 17 heavy (non-hydrogen) atoms. The molecule has 0 aromatic heterocycles. The molecule has 0 heterocycles. The van der Waals surface area contributed by atoms with Crippen LogP contribution >= 0.6 is 0 Å². The summed E-state index contributed by atoms with van der Waals surface area (Å²) in [6.07, 6.45) is 6.66. The van der Waals surface area contributed by atoms with Crippen LogP contribution in [0.4, 0.5) is 0 Å². The van der Waals surface area contributed by atoms with Crippen LogP contribution in [0.1, 0.15) is 38.5 Å². The molecule has 0 radical (unpaired) electrons. The van der Waals surface area contributed by atoms with E-state index >= 15 is 0 Å². The summed E-state index contributed by atoms with van der Waals surface area (Å²) in [5, 5.41) is 0. The highest BCUT2D eigenvalue weighted by molar-refractivity contribution is 6.62. The van der Waals surface area contributed by atoms with Gasteiger partial charge in [-0.25, -0.2) is 0 Å². The van der Waals surface area contributed by atoms with Crippen molar-refractivity contribution in [3.05, 3.63) is 0 Å². The Morgan fingerprint density at radius 3 is 1.82 bits per heavy atom. The van der Waals surface area contributed by atoms with Crippen molar-refractivity contribution in [2.45, 2.75) is 44.2 Å². The Bertz CT molecular complexity index is 172. The smallest absolute Gasteiger partial charge is 0.376 e. The third kappa shape index (κ3) is 5.94. The van der Waals surface area contributed by atoms with E-state index in [1.54, 1.807) is 21.3 Å². The van der Waals surface area contributed by atoms with Crippen LogP contribution in [0, 0.1) is 0 Å². The van der Waals surface area contributed by atoms with Crippen LogP contribution < -0.4 is 11.5 Å². The zero-order chi connectivity index (χ0) is 13.1. The van der Waals surface area contributed by atoms with Crippen LogP contribution in [0.3, 0.4) is 0 Å². The molecule has 0 aliphatic heterocycles. The van der Waals surface area contributed by atoms with Gasteiger partial charge in [0.25, 0.3) is 0 Å². The molecule has 104 valence electrons. The minimum Gasteiger partial charge on any atom is -0.376 e. The fourth-order valence-corrected chi connectivity index (χ4v) is 3.89. The first-order valence-electron chi connectivity index (χ1n) is 6.28. The van der Waals surface area contributed by atoms with E-state index < -0.39 is 8.80 Å². The average Bonchev–Trinajstić information content (AvgIpc) is 2.36. The normalized spacial score (nSPS) is 13.9. The lowest BCUT2D eigenvalue weighted by atomic mass is 10.1. The lowest BCUT2D eigenvalue weighted by Crippen LogP contribution is -2.58. The van der Waals surface area contributed by atoms with Crippen LogP contribution in [0.25, 0.3) is 0 Å². The van der Waals surface area contributed by atoms with Gasteiger partial charge in [-0.3, -0.25) is 0 Å². The summed E-state index contributed by atoms with van der Waals surface area (Å²) in [6, 6.07) is 0. The first-order chi connectivity index (χ1) is 8.16. The van der Waals surface area contributed by atoms with Gasteiger partial charge in [-0.15, -0.1) is 0 Å². The number of unbranched alkanes of at least 4 members (excludes halogenated alkanes) is 4.